The van der Waals surface area contributed by atoms with Gasteiger partial charge in [0.15, 0.2) is 0 Å². The van der Waals surface area contributed by atoms with Crippen molar-refractivity contribution < 1.29 is 9.53 Å². The van der Waals surface area contributed by atoms with Gasteiger partial charge in [0.05, 0.1) is 0 Å². The van der Waals surface area contributed by atoms with Gasteiger partial charge in [-0.25, -0.2) is 0 Å². The Bertz CT molecular complexity index is 407. The third kappa shape index (κ3) is 6.37. The minimum atomic E-state index is -0.199. The van der Waals surface area contributed by atoms with E-state index in [2.05, 4.69) is 32.6 Å². The van der Waals surface area contributed by atoms with Crippen molar-refractivity contribution in [3.05, 3.63) is 35.9 Å². The van der Waals surface area contributed by atoms with Crippen LogP contribution < -0.4 is 0 Å². The summed E-state index contributed by atoms with van der Waals surface area (Å²) in [6.45, 7) is 10.4. The largest absolute Gasteiger partial charge is 0.456 e. The monoisotopic (exact) mass is 327 g/mol. The van der Waals surface area contributed by atoms with E-state index >= 15 is 0 Å². The van der Waals surface area contributed by atoms with Crippen LogP contribution in [-0.4, -0.2) is 30.0 Å². The highest BCUT2D eigenvalue weighted by molar-refractivity contribution is 5.85. The summed E-state index contributed by atoms with van der Waals surface area (Å²) in [5, 5.41) is 0. The number of carbonyl (C=O) groups excluding carboxylic acids is 1. The van der Waals surface area contributed by atoms with E-state index in [1.807, 2.05) is 30.3 Å². The van der Waals surface area contributed by atoms with Crippen molar-refractivity contribution in [3.8, 4) is 0 Å². The highest BCUT2D eigenvalue weighted by atomic mass is 35.5. The second-order valence-corrected chi connectivity index (χ2v) is 5.39. The molecule has 0 saturated heterocycles. The van der Waals surface area contributed by atoms with Gasteiger partial charge in [-0.1, -0.05) is 57.5 Å². The highest BCUT2D eigenvalue weighted by Gasteiger charge is 2.26. The number of esters is 1. The fourth-order valence-electron chi connectivity index (χ4n) is 2.60. The molecule has 1 aromatic rings. The molecular formula is C18H30ClNO2. The molecule has 0 amide bonds. The molecule has 1 rings (SSSR count). The lowest BCUT2D eigenvalue weighted by Gasteiger charge is -2.33. The smallest absolute Gasteiger partial charge is 0.306 e. The van der Waals surface area contributed by atoms with Gasteiger partial charge in [-0.2, -0.15) is 0 Å². The van der Waals surface area contributed by atoms with Gasteiger partial charge in [-0.15, -0.1) is 12.4 Å². The van der Waals surface area contributed by atoms with Crippen molar-refractivity contribution in [2.45, 2.75) is 59.1 Å². The predicted octanol–water partition coefficient (Wildman–Crippen LogP) is 4.61. The molecule has 0 saturated carbocycles. The topological polar surface area (TPSA) is 29.5 Å². The molecule has 0 aliphatic heterocycles. The number of carbonyl (C=O) groups is 1. The standard InChI is InChI=1S/C18H29NO2.ClH/c1-5-8-14-17(20)21-18(15(4)19(6-2)7-3)16-12-10-9-11-13-16;/h9-13,15,18H,5-8,14H2,1-4H3;1H. The fourth-order valence-corrected chi connectivity index (χ4v) is 2.60. The van der Waals surface area contributed by atoms with Gasteiger partial charge in [0.2, 0.25) is 0 Å². The van der Waals surface area contributed by atoms with Gasteiger partial charge < -0.3 is 4.74 Å². The van der Waals surface area contributed by atoms with Gasteiger partial charge in [-0.3, -0.25) is 9.69 Å². The maximum absolute atomic E-state index is 12.0. The zero-order valence-corrected chi connectivity index (χ0v) is 15.1. The SMILES string of the molecule is CCCCC(=O)OC(c1ccccc1)C(C)N(CC)CC.Cl. The van der Waals surface area contributed by atoms with Gasteiger partial charge in [0, 0.05) is 12.5 Å². The van der Waals surface area contributed by atoms with E-state index in [9.17, 15) is 4.79 Å². The Morgan fingerprint density at radius 1 is 1.14 bits per heavy atom. The van der Waals surface area contributed by atoms with Crippen molar-refractivity contribution in [2.24, 2.45) is 0 Å². The molecule has 2 atom stereocenters. The molecule has 0 bridgehead atoms. The zero-order valence-electron chi connectivity index (χ0n) is 14.2. The summed E-state index contributed by atoms with van der Waals surface area (Å²) in [5.74, 6) is -0.0929. The second-order valence-electron chi connectivity index (χ2n) is 5.39. The van der Waals surface area contributed by atoms with Crippen LogP contribution in [0.4, 0.5) is 0 Å². The Morgan fingerprint density at radius 2 is 1.73 bits per heavy atom. The van der Waals surface area contributed by atoms with Crippen LogP contribution in [0.1, 0.15) is 58.6 Å². The summed E-state index contributed by atoms with van der Waals surface area (Å²) in [4.78, 5) is 14.4. The maximum atomic E-state index is 12.0. The molecular weight excluding hydrogens is 298 g/mol. The van der Waals surface area contributed by atoms with E-state index in [-0.39, 0.29) is 30.5 Å². The minimum Gasteiger partial charge on any atom is -0.456 e. The highest BCUT2D eigenvalue weighted by Crippen LogP contribution is 2.25. The molecule has 1 aromatic carbocycles. The molecule has 126 valence electrons. The lowest BCUT2D eigenvalue weighted by Crippen LogP contribution is -2.39. The third-order valence-corrected chi connectivity index (χ3v) is 3.95. The van der Waals surface area contributed by atoms with E-state index in [1.54, 1.807) is 0 Å². The molecule has 0 heterocycles. The zero-order chi connectivity index (χ0) is 15.7. The number of unbranched alkanes of at least 4 members (excludes halogenated alkanes) is 1. The van der Waals surface area contributed by atoms with E-state index in [0.29, 0.717) is 6.42 Å². The number of rotatable bonds is 9. The van der Waals surface area contributed by atoms with E-state index in [0.717, 1.165) is 31.5 Å². The summed E-state index contributed by atoms with van der Waals surface area (Å²) in [7, 11) is 0. The summed E-state index contributed by atoms with van der Waals surface area (Å²) in [6, 6.07) is 10.2. The first-order chi connectivity index (χ1) is 10.1. The predicted molar refractivity (Wildman–Crippen MR) is 94.4 cm³/mol. The second kappa shape index (κ2) is 11.5. The summed E-state index contributed by atoms with van der Waals surface area (Å²) >= 11 is 0. The van der Waals surface area contributed by atoms with Crippen molar-refractivity contribution in [1.82, 2.24) is 4.90 Å². The third-order valence-electron chi connectivity index (χ3n) is 3.95. The van der Waals surface area contributed by atoms with Crippen LogP contribution in [-0.2, 0) is 9.53 Å². The van der Waals surface area contributed by atoms with Gasteiger partial charge >= 0.3 is 5.97 Å². The van der Waals surface area contributed by atoms with Crippen LogP contribution >= 0.6 is 12.4 Å². The van der Waals surface area contributed by atoms with Crippen LogP contribution in [0.3, 0.4) is 0 Å². The Balaban J connectivity index is 0.00000441. The molecule has 4 heteroatoms. The van der Waals surface area contributed by atoms with Crippen LogP contribution in [0.15, 0.2) is 30.3 Å². The molecule has 2 unspecified atom stereocenters. The Morgan fingerprint density at radius 3 is 2.23 bits per heavy atom. The summed E-state index contributed by atoms with van der Waals surface area (Å²) in [6.07, 6.45) is 2.21. The Hall–Kier alpha value is -1.06. The van der Waals surface area contributed by atoms with Gasteiger partial charge in [0.1, 0.15) is 6.10 Å². The number of hydrogen-bond donors (Lipinski definition) is 0. The molecule has 0 aromatic heterocycles. The molecule has 22 heavy (non-hydrogen) atoms. The van der Waals surface area contributed by atoms with Gasteiger partial charge in [0.25, 0.3) is 0 Å². The molecule has 0 N–H and O–H groups in total. The maximum Gasteiger partial charge on any atom is 0.306 e. The van der Waals surface area contributed by atoms with Crippen molar-refractivity contribution >= 4 is 18.4 Å². The fraction of sp³-hybridized carbons (Fsp3) is 0.611. The number of nitrogens with zero attached hydrogens (tertiary/aromatic N) is 1. The number of benzene rings is 1. The van der Waals surface area contributed by atoms with Crippen molar-refractivity contribution in [3.63, 3.8) is 0 Å². The lowest BCUT2D eigenvalue weighted by molar-refractivity contribution is -0.153. The van der Waals surface area contributed by atoms with E-state index in [1.165, 1.54) is 0 Å². The number of halogens is 1. The molecule has 0 aliphatic carbocycles. The summed E-state index contributed by atoms with van der Waals surface area (Å²) in [5.41, 5.74) is 1.07. The number of ether oxygens (including phenoxy) is 1. The quantitative estimate of drug-likeness (QED) is 0.620. The minimum absolute atomic E-state index is 0. The van der Waals surface area contributed by atoms with E-state index in [4.69, 9.17) is 4.74 Å². The van der Waals surface area contributed by atoms with E-state index < -0.39 is 0 Å². The van der Waals surface area contributed by atoms with Crippen LogP contribution in [0.2, 0.25) is 0 Å². The van der Waals surface area contributed by atoms with Crippen LogP contribution in [0, 0.1) is 0 Å². The first-order valence-corrected chi connectivity index (χ1v) is 8.12. The van der Waals surface area contributed by atoms with Crippen molar-refractivity contribution in [1.29, 1.82) is 0 Å². The normalized spacial score (nSPS) is 13.3. The van der Waals surface area contributed by atoms with Gasteiger partial charge in [-0.05, 0) is 32.0 Å². The molecule has 0 spiro atoms. The lowest BCUT2D eigenvalue weighted by atomic mass is 10.0. The molecule has 0 fully saturated rings. The average Bonchev–Trinajstić information content (AvgIpc) is 2.52. The first kappa shape index (κ1) is 20.9. The molecule has 0 radical (unpaired) electrons. The number of hydrogen-bond acceptors (Lipinski definition) is 3. The van der Waals surface area contributed by atoms with Crippen LogP contribution in [0.25, 0.3) is 0 Å². The average molecular weight is 328 g/mol. The Labute approximate surface area is 141 Å². The van der Waals surface area contributed by atoms with Crippen molar-refractivity contribution in [2.75, 3.05) is 13.1 Å². The molecule has 3 nitrogen and oxygen atoms in total. The number of likely N-dealkylation sites (N-methyl/N-ethyl adjacent to an activating group) is 1. The Kier molecular flexibility index (Phi) is 10.9. The molecule has 0 aliphatic rings. The van der Waals surface area contributed by atoms with Crippen LogP contribution in [0.5, 0.6) is 0 Å². The summed E-state index contributed by atoms with van der Waals surface area (Å²) < 4.78 is 5.80. The first-order valence-electron chi connectivity index (χ1n) is 8.12.